The standard InChI is InChI=1S/C17H20FNO/c1-3-19-17(12-14-6-4-5-7-16(14)18)13-8-10-15(20-2)11-9-13/h4-11,17,19H,3,12H2,1-2H3. The molecular weight excluding hydrogens is 253 g/mol. The maximum atomic E-state index is 13.8. The van der Waals surface area contributed by atoms with Crippen LogP contribution in [-0.4, -0.2) is 13.7 Å². The quantitative estimate of drug-likeness (QED) is 0.866. The molecular formula is C17H20FNO. The van der Waals surface area contributed by atoms with E-state index in [4.69, 9.17) is 4.74 Å². The molecule has 1 atom stereocenters. The molecule has 0 saturated heterocycles. The van der Waals surface area contributed by atoms with E-state index in [0.29, 0.717) is 6.42 Å². The zero-order valence-electron chi connectivity index (χ0n) is 11.9. The highest BCUT2D eigenvalue weighted by Crippen LogP contribution is 2.22. The van der Waals surface area contributed by atoms with Crippen LogP contribution in [0.15, 0.2) is 48.5 Å². The third-order valence-electron chi connectivity index (χ3n) is 3.35. The van der Waals surface area contributed by atoms with Gasteiger partial charge in [-0.15, -0.1) is 0 Å². The second-order valence-electron chi connectivity index (χ2n) is 4.68. The summed E-state index contributed by atoms with van der Waals surface area (Å²) in [5, 5.41) is 3.40. The zero-order valence-corrected chi connectivity index (χ0v) is 11.9. The molecule has 2 nitrogen and oxygen atoms in total. The molecule has 2 aromatic carbocycles. The smallest absolute Gasteiger partial charge is 0.126 e. The molecule has 0 aliphatic heterocycles. The van der Waals surface area contributed by atoms with Gasteiger partial charge in [-0.25, -0.2) is 4.39 Å². The minimum Gasteiger partial charge on any atom is -0.497 e. The molecule has 2 aromatic rings. The Labute approximate surface area is 119 Å². The second-order valence-corrected chi connectivity index (χ2v) is 4.68. The molecule has 1 unspecified atom stereocenters. The maximum absolute atomic E-state index is 13.8. The van der Waals surface area contributed by atoms with Crippen LogP contribution in [0, 0.1) is 5.82 Å². The van der Waals surface area contributed by atoms with E-state index in [9.17, 15) is 4.39 Å². The summed E-state index contributed by atoms with van der Waals surface area (Å²) in [5.74, 6) is 0.679. The molecule has 0 bridgehead atoms. The van der Waals surface area contributed by atoms with Crippen molar-refractivity contribution in [2.75, 3.05) is 13.7 Å². The van der Waals surface area contributed by atoms with Crippen LogP contribution in [0.2, 0.25) is 0 Å². The van der Waals surface area contributed by atoms with Crippen molar-refractivity contribution >= 4 is 0 Å². The van der Waals surface area contributed by atoms with Crippen LogP contribution in [0.5, 0.6) is 5.75 Å². The highest BCUT2D eigenvalue weighted by atomic mass is 19.1. The van der Waals surface area contributed by atoms with Gasteiger partial charge in [0.25, 0.3) is 0 Å². The molecule has 1 N–H and O–H groups in total. The summed E-state index contributed by atoms with van der Waals surface area (Å²) in [6.45, 7) is 2.89. The Morgan fingerprint density at radius 1 is 1.10 bits per heavy atom. The number of halogens is 1. The highest BCUT2D eigenvalue weighted by molar-refractivity contribution is 5.30. The largest absolute Gasteiger partial charge is 0.497 e. The summed E-state index contributed by atoms with van der Waals surface area (Å²) in [6, 6.07) is 14.9. The molecule has 0 saturated carbocycles. The molecule has 0 spiro atoms. The van der Waals surface area contributed by atoms with Crippen molar-refractivity contribution in [1.82, 2.24) is 5.32 Å². The normalized spacial score (nSPS) is 12.2. The molecule has 20 heavy (non-hydrogen) atoms. The third kappa shape index (κ3) is 3.58. The van der Waals surface area contributed by atoms with Crippen molar-refractivity contribution in [3.63, 3.8) is 0 Å². The van der Waals surface area contributed by atoms with Gasteiger partial charge >= 0.3 is 0 Å². The maximum Gasteiger partial charge on any atom is 0.126 e. The number of nitrogens with one attached hydrogen (secondary N) is 1. The van der Waals surface area contributed by atoms with E-state index in [1.165, 1.54) is 6.07 Å². The molecule has 0 aliphatic carbocycles. The summed E-state index contributed by atoms with van der Waals surface area (Å²) in [5.41, 5.74) is 1.87. The van der Waals surface area contributed by atoms with Gasteiger partial charge in [0, 0.05) is 6.04 Å². The molecule has 0 fully saturated rings. The SMILES string of the molecule is CCNC(Cc1ccccc1F)c1ccc(OC)cc1. The van der Waals surface area contributed by atoms with Gasteiger partial charge in [-0.1, -0.05) is 37.3 Å². The van der Waals surface area contributed by atoms with E-state index in [1.807, 2.05) is 36.4 Å². The predicted molar refractivity (Wildman–Crippen MR) is 79.5 cm³/mol. The number of rotatable bonds is 6. The van der Waals surface area contributed by atoms with Crippen molar-refractivity contribution in [2.45, 2.75) is 19.4 Å². The van der Waals surface area contributed by atoms with Gasteiger partial charge in [0.05, 0.1) is 7.11 Å². The molecule has 2 rings (SSSR count). The number of ether oxygens (including phenoxy) is 1. The topological polar surface area (TPSA) is 21.3 Å². The fourth-order valence-corrected chi connectivity index (χ4v) is 2.27. The van der Waals surface area contributed by atoms with Crippen LogP contribution >= 0.6 is 0 Å². The van der Waals surface area contributed by atoms with E-state index in [0.717, 1.165) is 23.4 Å². The van der Waals surface area contributed by atoms with Crippen molar-refractivity contribution < 1.29 is 9.13 Å². The van der Waals surface area contributed by atoms with Gasteiger partial charge in [-0.3, -0.25) is 0 Å². The highest BCUT2D eigenvalue weighted by Gasteiger charge is 2.13. The van der Waals surface area contributed by atoms with E-state index in [1.54, 1.807) is 13.2 Å². The predicted octanol–water partition coefficient (Wildman–Crippen LogP) is 3.73. The number of benzene rings is 2. The van der Waals surface area contributed by atoms with Crippen LogP contribution in [-0.2, 0) is 6.42 Å². The first-order chi connectivity index (χ1) is 9.74. The minimum atomic E-state index is -0.149. The molecule has 3 heteroatoms. The lowest BCUT2D eigenvalue weighted by atomic mass is 9.98. The Kier molecular flexibility index (Phi) is 5.13. The molecule has 0 radical (unpaired) electrons. The summed E-state index contributed by atoms with van der Waals surface area (Å²) < 4.78 is 18.9. The van der Waals surface area contributed by atoms with E-state index >= 15 is 0 Å². The van der Waals surface area contributed by atoms with E-state index in [-0.39, 0.29) is 11.9 Å². The van der Waals surface area contributed by atoms with E-state index < -0.39 is 0 Å². The van der Waals surface area contributed by atoms with Crippen molar-refractivity contribution in [1.29, 1.82) is 0 Å². The summed E-state index contributed by atoms with van der Waals surface area (Å²) >= 11 is 0. The fraction of sp³-hybridized carbons (Fsp3) is 0.294. The molecule has 0 aliphatic rings. The Bertz CT molecular complexity index is 539. The van der Waals surface area contributed by atoms with Gasteiger partial charge in [-0.05, 0) is 42.3 Å². The Morgan fingerprint density at radius 2 is 1.80 bits per heavy atom. The van der Waals surface area contributed by atoms with Gasteiger partial charge in [-0.2, -0.15) is 0 Å². The fourth-order valence-electron chi connectivity index (χ4n) is 2.27. The third-order valence-corrected chi connectivity index (χ3v) is 3.35. The Hall–Kier alpha value is -1.87. The van der Waals surface area contributed by atoms with Gasteiger partial charge in [0.2, 0.25) is 0 Å². The summed E-state index contributed by atoms with van der Waals surface area (Å²) in [6.07, 6.45) is 0.632. The number of hydrogen-bond acceptors (Lipinski definition) is 2. The van der Waals surface area contributed by atoms with Crippen LogP contribution in [0.4, 0.5) is 4.39 Å². The first-order valence-electron chi connectivity index (χ1n) is 6.85. The molecule has 0 aromatic heterocycles. The van der Waals surface area contributed by atoms with Gasteiger partial charge < -0.3 is 10.1 Å². The molecule has 106 valence electrons. The lowest BCUT2D eigenvalue weighted by Crippen LogP contribution is -2.23. The number of methoxy groups -OCH3 is 1. The van der Waals surface area contributed by atoms with Crippen molar-refractivity contribution in [3.8, 4) is 5.75 Å². The average Bonchev–Trinajstić information content (AvgIpc) is 2.49. The summed E-state index contributed by atoms with van der Waals surface area (Å²) in [4.78, 5) is 0. The first kappa shape index (κ1) is 14.5. The molecule has 0 heterocycles. The van der Waals surface area contributed by atoms with Crippen molar-refractivity contribution in [3.05, 3.63) is 65.5 Å². The Morgan fingerprint density at radius 3 is 2.40 bits per heavy atom. The van der Waals surface area contributed by atoms with Gasteiger partial charge in [0.1, 0.15) is 11.6 Å². The van der Waals surface area contributed by atoms with Gasteiger partial charge in [0.15, 0.2) is 0 Å². The zero-order chi connectivity index (χ0) is 14.4. The van der Waals surface area contributed by atoms with Crippen LogP contribution in [0.1, 0.15) is 24.1 Å². The lowest BCUT2D eigenvalue weighted by molar-refractivity contribution is 0.414. The number of likely N-dealkylation sites (N-methyl/N-ethyl adjacent to an activating group) is 1. The van der Waals surface area contributed by atoms with Crippen LogP contribution in [0.3, 0.4) is 0 Å². The van der Waals surface area contributed by atoms with Crippen LogP contribution in [0.25, 0.3) is 0 Å². The first-order valence-corrected chi connectivity index (χ1v) is 6.85. The summed E-state index contributed by atoms with van der Waals surface area (Å²) in [7, 11) is 1.65. The lowest BCUT2D eigenvalue weighted by Gasteiger charge is -2.19. The average molecular weight is 273 g/mol. The minimum absolute atomic E-state index is 0.0998. The molecule has 0 amide bonds. The van der Waals surface area contributed by atoms with E-state index in [2.05, 4.69) is 12.2 Å². The van der Waals surface area contributed by atoms with Crippen LogP contribution < -0.4 is 10.1 Å². The number of hydrogen-bond donors (Lipinski definition) is 1. The Balaban J connectivity index is 2.19. The van der Waals surface area contributed by atoms with Crippen molar-refractivity contribution in [2.24, 2.45) is 0 Å². The second kappa shape index (κ2) is 7.06. The monoisotopic (exact) mass is 273 g/mol.